The maximum atomic E-state index is 12.3. The first-order valence-electron chi connectivity index (χ1n) is 7.80. The molecule has 116 valence electrons. The van der Waals surface area contributed by atoms with Gasteiger partial charge in [0.25, 0.3) is 0 Å². The van der Waals surface area contributed by atoms with Crippen molar-refractivity contribution in [2.75, 3.05) is 6.54 Å². The molecule has 0 spiro atoms. The van der Waals surface area contributed by atoms with Gasteiger partial charge in [0.1, 0.15) is 0 Å². The predicted octanol–water partition coefficient (Wildman–Crippen LogP) is 3.82. The highest BCUT2D eigenvalue weighted by Gasteiger charge is 2.33. The molecular formula is C17H25ClN2O. The highest BCUT2D eigenvalue weighted by molar-refractivity contribution is 6.30. The molecule has 1 aromatic carbocycles. The van der Waals surface area contributed by atoms with Gasteiger partial charge in [0.15, 0.2) is 0 Å². The van der Waals surface area contributed by atoms with Gasteiger partial charge < -0.3 is 11.1 Å². The van der Waals surface area contributed by atoms with Crippen molar-refractivity contribution in [2.24, 2.45) is 11.1 Å². The number of hydrogen-bond donors (Lipinski definition) is 2. The Kier molecular flexibility index (Phi) is 5.65. The molecule has 0 radical (unpaired) electrons. The Morgan fingerprint density at radius 3 is 2.71 bits per heavy atom. The zero-order chi connectivity index (χ0) is 15.3. The van der Waals surface area contributed by atoms with E-state index in [0.717, 1.165) is 18.4 Å². The van der Waals surface area contributed by atoms with Crippen LogP contribution in [0.25, 0.3) is 0 Å². The largest absolute Gasteiger partial charge is 0.350 e. The molecule has 3 N–H and O–H groups in total. The molecule has 1 aliphatic rings. The van der Waals surface area contributed by atoms with Crippen molar-refractivity contribution in [3.05, 3.63) is 34.9 Å². The third-order valence-corrected chi connectivity index (χ3v) is 4.84. The normalized spacial score (nSPS) is 19.0. The molecule has 4 heteroatoms. The van der Waals surface area contributed by atoms with Gasteiger partial charge in [-0.15, -0.1) is 0 Å². The smallest absolute Gasteiger partial charge is 0.221 e. The summed E-state index contributed by atoms with van der Waals surface area (Å²) in [5.41, 5.74) is 6.99. The van der Waals surface area contributed by atoms with Crippen LogP contribution >= 0.6 is 11.6 Å². The summed E-state index contributed by atoms with van der Waals surface area (Å²) < 4.78 is 0. The zero-order valence-corrected chi connectivity index (χ0v) is 13.5. The van der Waals surface area contributed by atoms with E-state index in [-0.39, 0.29) is 17.4 Å². The topological polar surface area (TPSA) is 55.1 Å². The molecule has 3 nitrogen and oxygen atoms in total. The maximum Gasteiger partial charge on any atom is 0.221 e. The van der Waals surface area contributed by atoms with Gasteiger partial charge in [-0.25, -0.2) is 0 Å². The van der Waals surface area contributed by atoms with Gasteiger partial charge in [-0.05, 0) is 49.4 Å². The lowest BCUT2D eigenvalue weighted by molar-refractivity contribution is -0.124. The van der Waals surface area contributed by atoms with E-state index in [1.807, 2.05) is 31.2 Å². The molecule has 0 heterocycles. The molecule has 0 aliphatic heterocycles. The molecule has 1 atom stereocenters. The van der Waals surface area contributed by atoms with E-state index in [1.54, 1.807) is 0 Å². The molecular weight excluding hydrogens is 284 g/mol. The Hall–Kier alpha value is -1.06. The Labute approximate surface area is 132 Å². The second-order valence-electron chi connectivity index (χ2n) is 6.29. The lowest BCUT2D eigenvalue weighted by atomic mass is 9.71. The minimum absolute atomic E-state index is 0.0103. The van der Waals surface area contributed by atoms with Crippen molar-refractivity contribution in [3.8, 4) is 0 Å². The highest BCUT2D eigenvalue weighted by atomic mass is 35.5. The monoisotopic (exact) mass is 308 g/mol. The molecule has 1 aromatic rings. The molecule has 1 fully saturated rings. The fraction of sp³-hybridized carbons (Fsp3) is 0.588. The van der Waals surface area contributed by atoms with Gasteiger partial charge in [0, 0.05) is 11.4 Å². The van der Waals surface area contributed by atoms with Gasteiger partial charge in [0.2, 0.25) is 5.91 Å². The van der Waals surface area contributed by atoms with Crippen LogP contribution in [0.1, 0.15) is 57.1 Å². The van der Waals surface area contributed by atoms with Crippen molar-refractivity contribution in [1.82, 2.24) is 5.32 Å². The van der Waals surface area contributed by atoms with Gasteiger partial charge >= 0.3 is 0 Å². The molecule has 1 aliphatic carbocycles. The SMILES string of the molecule is CC(NC(=O)CC1(CN)CCCCC1)c1cccc(Cl)c1. The number of rotatable bonds is 5. The van der Waals surface area contributed by atoms with E-state index in [4.69, 9.17) is 17.3 Å². The summed E-state index contributed by atoms with van der Waals surface area (Å²) in [6.07, 6.45) is 6.32. The fourth-order valence-corrected chi connectivity index (χ4v) is 3.45. The summed E-state index contributed by atoms with van der Waals surface area (Å²) in [5, 5.41) is 3.77. The Bertz CT molecular complexity index is 483. The van der Waals surface area contributed by atoms with Crippen LogP contribution in [0.15, 0.2) is 24.3 Å². The molecule has 1 saturated carbocycles. The first-order chi connectivity index (χ1) is 10.0. The third-order valence-electron chi connectivity index (χ3n) is 4.61. The quantitative estimate of drug-likeness (QED) is 0.869. The predicted molar refractivity (Wildman–Crippen MR) is 87.2 cm³/mol. The summed E-state index contributed by atoms with van der Waals surface area (Å²) in [6, 6.07) is 7.59. The van der Waals surface area contributed by atoms with Gasteiger partial charge in [-0.3, -0.25) is 4.79 Å². The lowest BCUT2D eigenvalue weighted by Crippen LogP contribution is -2.39. The number of benzene rings is 1. The average Bonchev–Trinajstić information content (AvgIpc) is 2.48. The minimum Gasteiger partial charge on any atom is -0.350 e. The van der Waals surface area contributed by atoms with Crippen molar-refractivity contribution >= 4 is 17.5 Å². The number of nitrogens with two attached hydrogens (primary N) is 1. The second kappa shape index (κ2) is 7.28. The van der Waals surface area contributed by atoms with Gasteiger partial charge in [-0.1, -0.05) is 43.0 Å². The van der Waals surface area contributed by atoms with Crippen LogP contribution < -0.4 is 11.1 Å². The van der Waals surface area contributed by atoms with Crippen LogP contribution in [0.4, 0.5) is 0 Å². The molecule has 1 amide bonds. The minimum atomic E-state index is -0.0328. The number of hydrogen-bond acceptors (Lipinski definition) is 2. The molecule has 21 heavy (non-hydrogen) atoms. The van der Waals surface area contributed by atoms with Crippen LogP contribution in [0.3, 0.4) is 0 Å². The van der Waals surface area contributed by atoms with E-state index in [2.05, 4.69) is 5.32 Å². The van der Waals surface area contributed by atoms with Gasteiger partial charge in [-0.2, -0.15) is 0 Å². The number of nitrogens with one attached hydrogen (secondary N) is 1. The van der Waals surface area contributed by atoms with E-state index >= 15 is 0 Å². The van der Waals surface area contributed by atoms with Crippen LogP contribution in [0.2, 0.25) is 5.02 Å². The van der Waals surface area contributed by atoms with E-state index < -0.39 is 0 Å². The molecule has 0 saturated heterocycles. The third kappa shape index (κ3) is 4.45. The zero-order valence-electron chi connectivity index (χ0n) is 12.7. The fourth-order valence-electron chi connectivity index (χ4n) is 3.25. The Morgan fingerprint density at radius 2 is 2.10 bits per heavy atom. The van der Waals surface area contributed by atoms with Crippen molar-refractivity contribution in [2.45, 2.75) is 51.5 Å². The number of halogens is 1. The van der Waals surface area contributed by atoms with E-state index in [9.17, 15) is 4.79 Å². The first kappa shape index (κ1) is 16.3. The van der Waals surface area contributed by atoms with Crippen molar-refractivity contribution in [3.63, 3.8) is 0 Å². The summed E-state index contributed by atoms with van der Waals surface area (Å²) in [6.45, 7) is 2.59. The standard InChI is InChI=1S/C17H25ClN2O/c1-13(14-6-5-7-15(18)10-14)20-16(21)11-17(12-19)8-3-2-4-9-17/h5-7,10,13H,2-4,8-9,11-12,19H2,1H3,(H,20,21). The Morgan fingerprint density at radius 1 is 1.38 bits per heavy atom. The maximum absolute atomic E-state index is 12.3. The molecule has 2 rings (SSSR count). The van der Waals surface area contributed by atoms with Crippen LogP contribution in [-0.4, -0.2) is 12.5 Å². The molecule has 1 unspecified atom stereocenters. The first-order valence-corrected chi connectivity index (χ1v) is 8.17. The lowest BCUT2D eigenvalue weighted by Gasteiger charge is -2.36. The summed E-state index contributed by atoms with van der Waals surface area (Å²) in [7, 11) is 0. The van der Waals surface area contributed by atoms with E-state index in [0.29, 0.717) is 18.0 Å². The second-order valence-corrected chi connectivity index (χ2v) is 6.72. The summed E-state index contributed by atoms with van der Waals surface area (Å²) in [5.74, 6) is 0.0924. The van der Waals surface area contributed by atoms with Crippen LogP contribution in [-0.2, 0) is 4.79 Å². The Balaban J connectivity index is 1.94. The number of carbonyl (C=O) groups excluding carboxylic acids is 1. The van der Waals surface area contributed by atoms with E-state index in [1.165, 1.54) is 19.3 Å². The molecule has 0 aromatic heterocycles. The van der Waals surface area contributed by atoms with Crippen LogP contribution in [0, 0.1) is 5.41 Å². The van der Waals surface area contributed by atoms with Crippen LogP contribution in [0.5, 0.6) is 0 Å². The number of amides is 1. The van der Waals surface area contributed by atoms with Gasteiger partial charge in [0.05, 0.1) is 6.04 Å². The van der Waals surface area contributed by atoms with Crippen molar-refractivity contribution < 1.29 is 4.79 Å². The molecule has 0 bridgehead atoms. The van der Waals surface area contributed by atoms with Crippen molar-refractivity contribution in [1.29, 1.82) is 0 Å². The number of carbonyl (C=O) groups is 1. The summed E-state index contributed by atoms with van der Waals surface area (Å²) in [4.78, 5) is 12.3. The summed E-state index contributed by atoms with van der Waals surface area (Å²) >= 11 is 6.00. The highest BCUT2D eigenvalue weighted by Crippen LogP contribution is 2.38. The average molecular weight is 309 g/mol.